The summed E-state index contributed by atoms with van der Waals surface area (Å²) in [6.45, 7) is 13.0. The Morgan fingerprint density at radius 2 is 1.44 bits per heavy atom. The van der Waals surface area contributed by atoms with Gasteiger partial charge in [-0.3, -0.25) is 24.6 Å². The fraction of sp³-hybridized carbons (Fsp3) is 0.571. The predicted octanol–water partition coefficient (Wildman–Crippen LogP) is 4.14. The standard InChI is InChI=1S/C49H70N12O8S/c1-35-29-38(9-11-41(35)46(63)57-49-54-31-36(2)70-49)50-13-19-65-21-23-67-25-27-69-28-26-68-24-22-66-20-14-51-44(62)34-59-15-17-60(18-16-59)40-10-12-43(52-33-40)55-48-53-32-37-30-42(47(64)58(3)4)61(45(37)56-48)39-7-5-6-8-39/h9-12,29,31-33,39,42,50H,5-8,13-28,30,34H2,1-4H3,(H,51,62)(H,54,57,63)(H,52,53,55,56). The monoisotopic (exact) mass is 987 g/mol. The zero-order valence-electron chi connectivity index (χ0n) is 41.1. The number of likely N-dealkylation sites (N-methyl/N-ethyl adjacent to an activating group) is 1. The number of amides is 3. The second-order valence-electron chi connectivity index (χ2n) is 17.7. The van der Waals surface area contributed by atoms with Crippen molar-refractivity contribution in [1.82, 2.24) is 35.1 Å². The summed E-state index contributed by atoms with van der Waals surface area (Å²) in [4.78, 5) is 66.1. The number of nitrogens with one attached hydrogen (secondary N) is 4. The maximum absolute atomic E-state index is 13.1. The van der Waals surface area contributed by atoms with Crippen molar-refractivity contribution in [3.63, 3.8) is 0 Å². The normalized spacial score (nSPS) is 16.1. The van der Waals surface area contributed by atoms with Crippen LogP contribution in [0.1, 0.15) is 52.0 Å². The molecule has 1 saturated carbocycles. The van der Waals surface area contributed by atoms with Crippen molar-refractivity contribution in [2.75, 3.05) is 152 Å². The molecule has 3 amide bonds. The average Bonchev–Trinajstić information content (AvgIpc) is 4.13. The molecule has 1 atom stereocenters. The molecule has 21 heteroatoms. The van der Waals surface area contributed by atoms with E-state index in [0.717, 1.165) is 72.2 Å². The number of thiazole rings is 1. The third kappa shape index (κ3) is 15.7. The fourth-order valence-electron chi connectivity index (χ4n) is 8.70. The first kappa shape index (κ1) is 52.3. The summed E-state index contributed by atoms with van der Waals surface area (Å²) < 4.78 is 28.0. The summed E-state index contributed by atoms with van der Waals surface area (Å²) in [6, 6.07) is 9.68. The zero-order chi connectivity index (χ0) is 49.1. The lowest BCUT2D eigenvalue weighted by Crippen LogP contribution is -2.49. The Morgan fingerprint density at radius 1 is 0.771 bits per heavy atom. The highest BCUT2D eigenvalue weighted by Gasteiger charge is 2.41. The van der Waals surface area contributed by atoms with Crippen LogP contribution >= 0.6 is 11.3 Å². The van der Waals surface area contributed by atoms with Crippen LogP contribution < -0.4 is 31.1 Å². The van der Waals surface area contributed by atoms with Crippen LogP contribution in [-0.4, -0.2) is 186 Å². The van der Waals surface area contributed by atoms with Crippen LogP contribution in [0.2, 0.25) is 0 Å². The number of carbonyl (C=O) groups is 3. The van der Waals surface area contributed by atoms with Gasteiger partial charge in [-0.15, -0.1) is 11.3 Å². The minimum Gasteiger partial charge on any atom is -0.383 e. The highest BCUT2D eigenvalue weighted by Crippen LogP contribution is 2.38. The maximum Gasteiger partial charge on any atom is 0.257 e. The molecule has 0 spiro atoms. The molecular formula is C49H70N12O8S. The van der Waals surface area contributed by atoms with Crippen molar-refractivity contribution in [1.29, 1.82) is 0 Å². The molecule has 0 radical (unpaired) electrons. The van der Waals surface area contributed by atoms with Crippen molar-refractivity contribution in [3.05, 3.63) is 70.5 Å². The number of nitrogens with zero attached hydrogens (tertiary/aromatic N) is 8. The molecule has 2 aliphatic heterocycles. The van der Waals surface area contributed by atoms with Crippen LogP contribution in [0.5, 0.6) is 0 Å². The van der Waals surface area contributed by atoms with E-state index in [1.807, 2.05) is 70.7 Å². The van der Waals surface area contributed by atoms with E-state index < -0.39 is 0 Å². The lowest BCUT2D eigenvalue weighted by Gasteiger charge is -2.35. The van der Waals surface area contributed by atoms with Crippen molar-refractivity contribution in [2.45, 2.75) is 58.0 Å². The number of benzene rings is 1. The van der Waals surface area contributed by atoms with E-state index in [9.17, 15) is 14.4 Å². The third-order valence-corrected chi connectivity index (χ3v) is 13.1. The molecule has 3 aliphatic rings. The molecule has 2 fully saturated rings. The Morgan fingerprint density at radius 3 is 2.06 bits per heavy atom. The van der Waals surface area contributed by atoms with Gasteiger partial charge in [0.25, 0.3) is 5.91 Å². The molecule has 5 heterocycles. The van der Waals surface area contributed by atoms with Crippen LogP contribution in [0.15, 0.2) is 48.9 Å². The Bertz CT molecular complexity index is 2270. The number of hydrogen-bond donors (Lipinski definition) is 4. The molecule has 0 bridgehead atoms. The van der Waals surface area contributed by atoms with Gasteiger partial charge in [0.1, 0.15) is 17.7 Å². The molecule has 7 rings (SSSR count). The lowest BCUT2D eigenvalue weighted by molar-refractivity contribution is -0.130. The lowest BCUT2D eigenvalue weighted by atomic mass is 10.1. The summed E-state index contributed by atoms with van der Waals surface area (Å²) in [6.07, 6.45) is 10.5. The maximum atomic E-state index is 13.1. The molecular weight excluding hydrogens is 917 g/mol. The molecule has 4 aromatic rings. The van der Waals surface area contributed by atoms with E-state index in [1.54, 1.807) is 11.1 Å². The number of fused-ring (bicyclic) bond motifs is 1. The number of hydrogen-bond acceptors (Lipinski definition) is 18. The number of ether oxygens (including phenoxy) is 5. The van der Waals surface area contributed by atoms with Crippen molar-refractivity contribution in [2.24, 2.45) is 0 Å². The quantitative estimate of drug-likeness (QED) is 0.0590. The van der Waals surface area contributed by atoms with Crippen LogP contribution in [0.3, 0.4) is 0 Å². The number of anilines is 6. The fourth-order valence-corrected chi connectivity index (χ4v) is 9.36. The summed E-state index contributed by atoms with van der Waals surface area (Å²) in [5.41, 5.74) is 4.43. The molecule has 1 aromatic carbocycles. The minimum atomic E-state index is -0.245. The van der Waals surface area contributed by atoms with E-state index in [0.29, 0.717) is 121 Å². The number of carbonyl (C=O) groups excluding carboxylic acids is 3. The molecule has 70 heavy (non-hydrogen) atoms. The summed E-state index contributed by atoms with van der Waals surface area (Å²) in [5, 5.41) is 13.0. The molecule has 380 valence electrons. The Hall–Kier alpha value is -5.55. The first-order valence-corrected chi connectivity index (χ1v) is 25.2. The van der Waals surface area contributed by atoms with Gasteiger partial charge in [0.15, 0.2) is 5.13 Å². The van der Waals surface area contributed by atoms with Crippen molar-refractivity contribution < 1.29 is 38.1 Å². The van der Waals surface area contributed by atoms with Gasteiger partial charge in [-0.05, 0) is 62.6 Å². The first-order valence-electron chi connectivity index (χ1n) is 24.4. The minimum absolute atomic E-state index is 0.0203. The second kappa shape index (κ2) is 27.2. The summed E-state index contributed by atoms with van der Waals surface area (Å²) in [7, 11) is 3.62. The van der Waals surface area contributed by atoms with Gasteiger partial charge in [0, 0.05) is 99.9 Å². The van der Waals surface area contributed by atoms with Crippen molar-refractivity contribution in [3.8, 4) is 0 Å². The average molecular weight is 987 g/mol. The number of piperazine rings is 1. The topological polar surface area (TPSA) is 210 Å². The number of rotatable bonds is 28. The van der Waals surface area contributed by atoms with Gasteiger partial charge in [0.05, 0.1) is 84.5 Å². The van der Waals surface area contributed by atoms with Gasteiger partial charge in [-0.1, -0.05) is 12.8 Å². The third-order valence-electron chi connectivity index (χ3n) is 12.3. The molecule has 3 aromatic heterocycles. The zero-order valence-corrected chi connectivity index (χ0v) is 41.9. The van der Waals surface area contributed by atoms with Crippen LogP contribution in [0.25, 0.3) is 0 Å². The van der Waals surface area contributed by atoms with Crippen LogP contribution in [0, 0.1) is 13.8 Å². The summed E-state index contributed by atoms with van der Waals surface area (Å²) in [5.74, 6) is 1.88. The van der Waals surface area contributed by atoms with Crippen LogP contribution in [0.4, 0.5) is 34.1 Å². The van der Waals surface area contributed by atoms with E-state index in [1.165, 1.54) is 24.2 Å². The largest absolute Gasteiger partial charge is 0.383 e. The highest BCUT2D eigenvalue weighted by atomic mass is 32.1. The van der Waals surface area contributed by atoms with Crippen molar-refractivity contribution >= 4 is 63.1 Å². The van der Waals surface area contributed by atoms with E-state index in [-0.39, 0.29) is 23.8 Å². The van der Waals surface area contributed by atoms with E-state index >= 15 is 0 Å². The van der Waals surface area contributed by atoms with E-state index in [4.69, 9.17) is 28.7 Å². The molecule has 20 nitrogen and oxygen atoms in total. The number of aryl methyl sites for hydroxylation is 2. The van der Waals surface area contributed by atoms with Gasteiger partial charge < -0.3 is 54.3 Å². The number of aromatic nitrogens is 4. The molecule has 1 unspecified atom stereocenters. The number of pyridine rings is 1. The van der Waals surface area contributed by atoms with E-state index in [2.05, 4.69) is 50.9 Å². The second-order valence-corrected chi connectivity index (χ2v) is 19.0. The van der Waals surface area contributed by atoms with Gasteiger partial charge >= 0.3 is 0 Å². The first-order chi connectivity index (χ1) is 34.1. The predicted molar refractivity (Wildman–Crippen MR) is 271 cm³/mol. The molecule has 1 saturated heterocycles. The molecule has 4 N–H and O–H groups in total. The van der Waals surface area contributed by atoms with Crippen LogP contribution in [-0.2, 0) is 39.7 Å². The van der Waals surface area contributed by atoms with Gasteiger partial charge in [0.2, 0.25) is 17.8 Å². The van der Waals surface area contributed by atoms with Gasteiger partial charge in [-0.2, -0.15) is 4.98 Å². The Kier molecular flexibility index (Phi) is 20.3. The molecule has 1 aliphatic carbocycles. The smallest absolute Gasteiger partial charge is 0.257 e. The highest BCUT2D eigenvalue weighted by molar-refractivity contribution is 7.15. The Balaban J connectivity index is 0.646. The Labute approximate surface area is 415 Å². The SMILES string of the molecule is Cc1cnc(NC(=O)c2ccc(NCCOCCOCCOCCOCCOCCNC(=O)CN3CCN(c4ccc(Nc5ncc6c(n5)N(C5CCCC5)C(C(=O)N(C)C)C6)nc4)CC3)cc2C)s1. The van der Waals surface area contributed by atoms with Gasteiger partial charge in [-0.25, -0.2) is 15.0 Å². The summed E-state index contributed by atoms with van der Waals surface area (Å²) >= 11 is 1.45.